The molecule has 0 aliphatic carbocycles. The highest BCUT2D eigenvalue weighted by Gasteiger charge is 2.43. The van der Waals surface area contributed by atoms with Crippen molar-refractivity contribution in [2.75, 3.05) is 18.1 Å². The fourth-order valence-corrected chi connectivity index (χ4v) is 3.46. The van der Waals surface area contributed by atoms with Crippen LogP contribution >= 0.6 is 27.7 Å². The van der Waals surface area contributed by atoms with Crippen LogP contribution in [0.3, 0.4) is 0 Å². The minimum atomic E-state index is -1.15. The molecule has 0 radical (unpaired) electrons. The first-order valence-electron chi connectivity index (χ1n) is 6.02. The van der Waals surface area contributed by atoms with Gasteiger partial charge in [-0.2, -0.15) is 11.8 Å². The largest absolute Gasteiger partial charge is 0.484 e. The number of ether oxygens (including phenoxy) is 1. The molecule has 0 aromatic heterocycles. The SMILES string of the molecule is O=C(COc1ccc(Br)cc1)NC1(C(=O)O)CCSC1. The summed E-state index contributed by atoms with van der Waals surface area (Å²) in [6, 6.07) is 7.07. The summed E-state index contributed by atoms with van der Waals surface area (Å²) in [4.78, 5) is 23.1. The topological polar surface area (TPSA) is 75.6 Å². The van der Waals surface area contributed by atoms with E-state index >= 15 is 0 Å². The number of hydrogen-bond acceptors (Lipinski definition) is 4. The number of thioether (sulfide) groups is 1. The van der Waals surface area contributed by atoms with Crippen LogP contribution < -0.4 is 10.1 Å². The number of aliphatic carboxylic acids is 1. The molecule has 0 bridgehead atoms. The van der Waals surface area contributed by atoms with Crippen LogP contribution in [0, 0.1) is 0 Å². The number of carboxylic acids is 1. The van der Waals surface area contributed by atoms with Gasteiger partial charge in [-0.15, -0.1) is 0 Å². The standard InChI is InChI=1S/C13H14BrNO4S/c14-9-1-3-10(4-2-9)19-7-11(16)15-13(12(17)18)5-6-20-8-13/h1-4H,5-8H2,(H,15,16)(H,17,18). The zero-order valence-corrected chi connectivity index (χ0v) is 13.0. The Morgan fingerprint density at radius 1 is 1.40 bits per heavy atom. The summed E-state index contributed by atoms with van der Waals surface area (Å²) in [7, 11) is 0. The first-order valence-corrected chi connectivity index (χ1v) is 7.97. The zero-order chi connectivity index (χ0) is 14.6. The highest BCUT2D eigenvalue weighted by Crippen LogP contribution is 2.28. The van der Waals surface area contributed by atoms with Crippen LogP contribution in [0.4, 0.5) is 0 Å². The van der Waals surface area contributed by atoms with E-state index in [-0.39, 0.29) is 6.61 Å². The van der Waals surface area contributed by atoms with Crippen LogP contribution in [0.15, 0.2) is 28.7 Å². The van der Waals surface area contributed by atoms with E-state index in [0.29, 0.717) is 17.9 Å². The Morgan fingerprint density at radius 3 is 2.65 bits per heavy atom. The quantitative estimate of drug-likeness (QED) is 0.839. The molecule has 1 atom stereocenters. The fourth-order valence-electron chi connectivity index (χ4n) is 1.87. The molecule has 1 aromatic rings. The van der Waals surface area contributed by atoms with E-state index < -0.39 is 17.4 Å². The lowest BCUT2D eigenvalue weighted by molar-refractivity contribution is -0.146. The van der Waals surface area contributed by atoms with E-state index in [9.17, 15) is 14.7 Å². The zero-order valence-electron chi connectivity index (χ0n) is 10.6. The molecule has 5 nitrogen and oxygen atoms in total. The third-order valence-electron chi connectivity index (χ3n) is 2.99. The first-order chi connectivity index (χ1) is 9.52. The molecule has 1 heterocycles. The number of amides is 1. The first kappa shape index (κ1) is 15.2. The Kier molecular flexibility index (Phi) is 4.93. The maximum atomic E-state index is 11.8. The molecule has 20 heavy (non-hydrogen) atoms. The number of hydrogen-bond donors (Lipinski definition) is 2. The predicted octanol–water partition coefficient (Wildman–Crippen LogP) is 1.90. The predicted molar refractivity (Wildman–Crippen MR) is 80.1 cm³/mol. The van der Waals surface area contributed by atoms with Crippen molar-refractivity contribution in [3.8, 4) is 5.75 Å². The van der Waals surface area contributed by atoms with Crippen LogP contribution in [0.2, 0.25) is 0 Å². The molecule has 2 N–H and O–H groups in total. The number of rotatable bonds is 5. The molecule has 0 spiro atoms. The minimum Gasteiger partial charge on any atom is -0.484 e. The highest BCUT2D eigenvalue weighted by molar-refractivity contribution is 9.10. The second-order valence-electron chi connectivity index (χ2n) is 4.48. The summed E-state index contributed by atoms with van der Waals surface area (Å²) >= 11 is 4.83. The van der Waals surface area contributed by atoms with Crippen LogP contribution in [-0.2, 0) is 9.59 Å². The molecular weight excluding hydrogens is 346 g/mol. The van der Waals surface area contributed by atoms with Gasteiger partial charge in [0.25, 0.3) is 5.91 Å². The van der Waals surface area contributed by atoms with Crippen LogP contribution in [0.25, 0.3) is 0 Å². The molecule has 1 saturated heterocycles. The van der Waals surface area contributed by atoms with Crippen molar-refractivity contribution in [3.05, 3.63) is 28.7 Å². The van der Waals surface area contributed by atoms with Gasteiger partial charge < -0.3 is 15.2 Å². The number of carbonyl (C=O) groups is 2. The smallest absolute Gasteiger partial charge is 0.330 e. The molecule has 1 aliphatic rings. The fraction of sp³-hybridized carbons (Fsp3) is 0.385. The van der Waals surface area contributed by atoms with Gasteiger partial charge in [0.15, 0.2) is 6.61 Å². The summed E-state index contributed by atoms with van der Waals surface area (Å²) in [6.07, 6.45) is 0.441. The monoisotopic (exact) mass is 359 g/mol. The minimum absolute atomic E-state index is 0.193. The molecule has 0 saturated carbocycles. The van der Waals surface area contributed by atoms with E-state index in [2.05, 4.69) is 21.2 Å². The van der Waals surface area contributed by atoms with Gasteiger partial charge >= 0.3 is 5.97 Å². The summed E-state index contributed by atoms with van der Waals surface area (Å²) in [5, 5.41) is 11.8. The summed E-state index contributed by atoms with van der Waals surface area (Å²) in [5.74, 6) is 0.290. The highest BCUT2D eigenvalue weighted by atomic mass is 79.9. The third-order valence-corrected chi connectivity index (χ3v) is 4.71. The van der Waals surface area contributed by atoms with Crippen LogP contribution in [0.1, 0.15) is 6.42 Å². The maximum Gasteiger partial charge on any atom is 0.330 e. The van der Waals surface area contributed by atoms with Crippen LogP contribution in [-0.4, -0.2) is 40.6 Å². The van der Waals surface area contributed by atoms with Gasteiger partial charge in [-0.25, -0.2) is 4.79 Å². The van der Waals surface area contributed by atoms with Crippen LogP contribution in [0.5, 0.6) is 5.75 Å². The average molecular weight is 360 g/mol. The molecule has 1 fully saturated rings. The van der Waals surface area contributed by atoms with E-state index in [1.54, 1.807) is 24.3 Å². The Balaban J connectivity index is 1.89. The van der Waals surface area contributed by atoms with Gasteiger partial charge in [0.1, 0.15) is 11.3 Å². The second kappa shape index (κ2) is 6.49. The third kappa shape index (κ3) is 3.67. The summed E-state index contributed by atoms with van der Waals surface area (Å²) in [6.45, 7) is -0.193. The number of halogens is 1. The molecular formula is C13H14BrNO4S. The second-order valence-corrected chi connectivity index (χ2v) is 6.50. The van der Waals surface area contributed by atoms with E-state index in [1.165, 1.54) is 11.8 Å². The van der Waals surface area contributed by atoms with Crippen molar-refractivity contribution in [3.63, 3.8) is 0 Å². The van der Waals surface area contributed by atoms with Crippen molar-refractivity contribution in [1.82, 2.24) is 5.32 Å². The van der Waals surface area contributed by atoms with Crippen molar-refractivity contribution >= 4 is 39.6 Å². The molecule has 1 aromatic carbocycles. The average Bonchev–Trinajstić information content (AvgIpc) is 2.88. The normalized spacial score (nSPS) is 21.4. The number of benzene rings is 1. The molecule has 1 unspecified atom stereocenters. The Labute approximate surface area is 129 Å². The van der Waals surface area contributed by atoms with Crippen molar-refractivity contribution in [1.29, 1.82) is 0 Å². The Bertz CT molecular complexity index is 500. The maximum absolute atomic E-state index is 11.8. The summed E-state index contributed by atoms with van der Waals surface area (Å²) in [5.41, 5.74) is -1.15. The van der Waals surface area contributed by atoms with Gasteiger partial charge in [0, 0.05) is 10.2 Å². The van der Waals surface area contributed by atoms with Gasteiger partial charge in [0.05, 0.1) is 0 Å². The van der Waals surface area contributed by atoms with Crippen molar-refractivity contribution < 1.29 is 19.4 Å². The van der Waals surface area contributed by atoms with E-state index in [1.807, 2.05) is 0 Å². The number of carboxylic acid groups (broad SMARTS) is 1. The number of carbonyl (C=O) groups excluding carboxylic acids is 1. The Morgan fingerprint density at radius 2 is 2.10 bits per heavy atom. The van der Waals surface area contributed by atoms with Crippen molar-refractivity contribution in [2.45, 2.75) is 12.0 Å². The van der Waals surface area contributed by atoms with E-state index in [4.69, 9.17) is 4.74 Å². The lowest BCUT2D eigenvalue weighted by atomic mass is 9.99. The van der Waals surface area contributed by atoms with Gasteiger partial charge in [0.2, 0.25) is 0 Å². The van der Waals surface area contributed by atoms with Gasteiger partial charge in [-0.05, 0) is 36.4 Å². The lowest BCUT2D eigenvalue weighted by Gasteiger charge is -2.24. The molecule has 108 valence electrons. The number of nitrogens with one attached hydrogen (secondary N) is 1. The Hall–Kier alpha value is -1.21. The van der Waals surface area contributed by atoms with Gasteiger partial charge in [-0.1, -0.05) is 15.9 Å². The van der Waals surface area contributed by atoms with Gasteiger partial charge in [-0.3, -0.25) is 4.79 Å². The molecule has 2 rings (SSSR count). The summed E-state index contributed by atoms with van der Waals surface area (Å²) < 4.78 is 6.24. The molecule has 1 amide bonds. The lowest BCUT2D eigenvalue weighted by Crippen LogP contribution is -2.55. The molecule has 7 heteroatoms. The van der Waals surface area contributed by atoms with Crippen molar-refractivity contribution in [2.24, 2.45) is 0 Å². The molecule has 1 aliphatic heterocycles. The van der Waals surface area contributed by atoms with E-state index in [0.717, 1.165) is 10.2 Å².